The fourth-order valence-corrected chi connectivity index (χ4v) is 5.29. The SMILES string of the molecule is C[C@@H]1CN(S(=O)(=O)c2ccc(NC(=O)c3ccc(C(C)(C)C)cc3)cc2)c2ccccc2O1. The lowest BCUT2D eigenvalue weighted by Crippen LogP contribution is -2.42. The molecule has 1 N–H and O–H groups in total. The van der Waals surface area contributed by atoms with Crippen LogP contribution in [0.4, 0.5) is 11.4 Å². The highest BCUT2D eigenvalue weighted by molar-refractivity contribution is 7.92. The first-order chi connectivity index (χ1) is 15.6. The molecule has 0 fully saturated rings. The number of carbonyl (C=O) groups is 1. The molecule has 1 aliphatic heterocycles. The average Bonchev–Trinajstić information content (AvgIpc) is 2.78. The number of fused-ring (bicyclic) bond motifs is 1. The summed E-state index contributed by atoms with van der Waals surface area (Å²) < 4.78 is 33.8. The molecule has 0 aromatic heterocycles. The normalized spacial score (nSPS) is 16.0. The Balaban J connectivity index is 1.52. The molecule has 0 radical (unpaired) electrons. The molecule has 1 atom stereocenters. The summed E-state index contributed by atoms with van der Waals surface area (Å²) in [6.45, 7) is 8.42. The Morgan fingerprint density at radius 3 is 2.24 bits per heavy atom. The van der Waals surface area contributed by atoms with Crippen molar-refractivity contribution < 1.29 is 17.9 Å². The quantitative estimate of drug-likeness (QED) is 0.575. The molecule has 7 heteroatoms. The molecule has 0 bridgehead atoms. The molecule has 1 amide bonds. The zero-order valence-corrected chi connectivity index (χ0v) is 20.0. The molecular weight excluding hydrogens is 436 g/mol. The van der Waals surface area contributed by atoms with E-state index in [0.717, 1.165) is 5.56 Å². The lowest BCUT2D eigenvalue weighted by molar-refractivity contribution is 0.102. The summed E-state index contributed by atoms with van der Waals surface area (Å²) in [6.07, 6.45) is -0.266. The van der Waals surface area contributed by atoms with Gasteiger partial charge in [0.25, 0.3) is 15.9 Å². The summed E-state index contributed by atoms with van der Waals surface area (Å²) >= 11 is 0. The molecule has 0 unspecified atom stereocenters. The van der Waals surface area contributed by atoms with Crippen molar-refractivity contribution in [3.63, 3.8) is 0 Å². The van der Waals surface area contributed by atoms with Crippen molar-refractivity contribution in [2.24, 2.45) is 0 Å². The van der Waals surface area contributed by atoms with E-state index >= 15 is 0 Å². The highest BCUT2D eigenvalue weighted by Gasteiger charge is 2.32. The lowest BCUT2D eigenvalue weighted by Gasteiger charge is -2.34. The zero-order chi connectivity index (χ0) is 23.8. The number of nitrogens with one attached hydrogen (secondary N) is 1. The minimum atomic E-state index is -3.78. The number of rotatable bonds is 4. The van der Waals surface area contributed by atoms with E-state index in [4.69, 9.17) is 4.74 Å². The van der Waals surface area contributed by atoms with Crippen molar-refractivity contribution >= 4 is 27.3 Å². The number of carbonyl (C=O) groups excluding carboxylic acids is 1. The van der Waals surface area contributed by atoms with Gasteiger partial charge in [0.15, 0.2) is 0 Å². The Bertz CT molecular complexity index is 1260. The van der Waals surface area contributed by atoms with Gasteiger partial charge >= 0.3 is 0 Å². The standard InChI is InChI=1S/C26H28N2O4S/c1-18-17-28(23-7-5-6-8-24(23)32-18)33(30,31)22-15-13-21(14-16-22)27-25(29)19-9-11-20(12-10-19)26(2,3)4/h5-16,18H,17H2,1-4H3,(H,27,29)/t18-/m1/s1. The molecule has 0 aliphatic carbocycles. The first-order valence-electron chi connectivity index (χ1n) is 10.9. The van der Waals surface area contributed by atoms with Gasteiger partial charge in [-0.15, -0.1) is 0 Å². The predicted molar refractivity (Wildman–Crippen MR) is 131 cm³/mol. The Morgan fingerprint density at radius 2 is 1.61 bits per heavy atom. The van der Waals surface area contributed by atoms with Crippen LogP contribution in [0.3, 0.4) is 0 Å². The summed E-state index contributed by atoms with van der Waals surface area (Å²) in [4.78, 5) is 12.8. The maximum Gasteiger partial charge on any atom is 0.264 e. The van der Waals surface area contributed by atoms with Gasteiger partial charge in [0.1, 0.15) is 11.9 Å². The van der Waals surface area contributed by atoms with Gasteiger partial charge < -0.3 is 10.1 Å². The minimum Gasteiger partial charge on any atom is -0.487 e. The molecule has 0 saturated heterocycles. The van der Waals surface area contributed by atoms with Crippen molar-refractivity contribution in [1.29, 1.82) is 0 Å². The second-order valence-electron chi connectivity index (χ2n) is 9.24. The third-order valence-corrected chi connectivity index (χ3v) is 7.39. The third-order valence-electron chi connectivity index (χ3n) is 5.60. The van der Waals surface area contributed by atoms with Crippen molar-refractivity contribution in [3.8, 4) is 5.75 Å². The van der Waals surface area contributed by atoms with Crippen molar-refractivity contribution in [2.45, 2.75) is 44.1 Å². The van der Waals surface area contributed by atoms with Gasteiger partial charge in [-0.05, 0) is 66.4 Å². The molecule has 1 aliphatic rings. The summed E-state index contributed by atoms with van der Waals surface area (Å²) in [5.74, 6) is 0.295. The maximum absolute atomic E-state index is 13.3. The monoisotopic (exact) mass is 464 g/mol. The number of nitrogens with zero attached hydrogens (tertiary/aromatic N) is 1. The first-order valence-corrected chi connectivity index (χ1v) is 12.3. The second kappa shape index (κ2) is 8.56. The molecule has 172 valence electrons. The molecule has 4 rings (SSSR count). The fraction of sp³-hybridized carbons (Fsp3) is 0.269. The summed E-state index contributed by atoms with van der Waals surface area (Å²) in [5.41, 5.74) is 2.74. The van der Waals surface area contributed by atoms with E-state index in [9.17, 15) is 13.2 Å². The van der Waals surface area contributed by atoms with E-state index in [-0.39, 0.29) is 28.9 Å². The van der Waals surface area contributed by atoms with E-state index in [0.29, 0.717) is 22.7 Å². The number of sulfonamides is 1. The molecular formula is C26H28N2O4S. The molecule has 1 heterocycles. The number of amides is 1. The summed E-state index contributed by atoms with van der Waals surface area (Å²) in [7, 11) is -3.78. The van der Waals surface area contributed by atoms with Crippen LogP contribution < -0.4 is 14.4 Å². The largest absolute Gasteiger partial charge is 0.487 e. The molecule has 3 aromatic carbocycles. The number of para-hydroxylation sites is 2. The minimum absolute atomic E-state index is 0.00905. The number of benzene rings is 3. The van der Waals surface area contributed by atoms with E-state index < -0.39 is 10.0 Å². The van der Waals surface area contributed by atoms with E-state index in [1.165, 1.54) is 16.4 Å². The smallest absolute Gasteiger partial charge is 0.264 e. The topological polar surface area (TPSA) is 75.7 Å². The number of ether oxygens (including phenoxy) is 1. The lowest BCUT2D eigenvalue weighted by atomic mass is 9.87. The number of anilines is 2. The Kier molecular flexibility index (Phi) is 5.93. The van der Waals surface area contributed by atoms with Crippen LogP contribution in [-0.4, -0.2) is 27.0 Å². The maximum atomic E-state index is 13.3. The average molecular weight is 465 g/mol. The Labute approximate surface area is 195 Å². The third kappa shape index (κ3) is 4.73. The Hall–Kier alpha value is -3.32. The van der Waals surface area contributed by atoms with Gasteiger partial charge in [0, 0.05) is 11.3 Å². The van der Waals surface area contributed by atoms with Crippen LogP contribution in [0.15, 0.2) is 77.7 Å². The van der Waals surface area contributed by atoms with Crippen LogP contribution in [0.5, 0.6) is 5.75 Å². The predicted octanol–water partition coefficient (Wildman–Crippen LogP) is 5.21. The van der Waals surface area contributed by atoms with Gasteiger partial charge in [-0.1, -0.05) is 45.0 Å². The van der Waals surface area contributed by atoms with Crippen molar-refractivity contribution in [1.82, 2.24) is 0 Å². The van der Waals surface area contributed by atoms with Crippen LogP contribution in [-0.2, 0) is 15.4 Å². The highest BCUT2D eigenvalue weighted by Crippen LogP contribution is 2.36. The first kappa shape index (κ1) is 22.9. The fourth-order valence-electron chi connectivity index (χ4n) is 3.74. The van der Waals surface area contributed by atoms with Gasteiger partial charge in [-0.25, -0.2) is 8.42 Å². The number of hydrogen-bond donors (Lipinski definition) is 1. The van der Waals surface area contributed by atoms with Crippen LogP contribution in [0.25, 0.3) is 0 Å². The number of hydrogen-bond acceptors (Lipinski definition) is 4. The van der Waals surface area contributed by atoms with Crippen LogP contribution in [0.2, 0.25) is 0 Å². The Morgan fingerprint density at radius 1 is 0.970 bits per heavy atom. The molecule has 3 aromatic rings. The summed E-state index contributed by atoms with van der Waals surface area (Å²) in [6, 6.07) is 20.8. The van der Waals surface area contributed by atoms with E-state index in [1.54, 1.807) is 42.5 Å². The van der Waals surface area contributed by atoms with Crippen molar-refractivity contribution in [3.05, 3.63) is 83.9 Å². The molecule has 0 saturated carbocycles. The van der Waals surface area contributed by atoms with Gasteiger partial charge in [0.2, 0.25) is 0 Å². The van der Waals surface area contributed by atoms with Gasteiger partial charge in [-0.2, -0.15) is 0 Å². The summed E-state index contributed by atoms with van der Waals surface area (Å²) in [5, 5.41) is 2.83. The van der Waals surface area contributed by atoms with E-state index in [1.807, 2.05) is 25.1 Å². The second-order valence-corrected chi connectivity index (χ2v) is 11.1. The molecule has 33 heavy (non-hydrogen) atoms. The van der Waals surface area contributed by atoms with Crippen LogP contribution in [0.1, 0.15) is 43.6 Å². The molecule has 0 spiro atoms. The van der Waals surface area contributed by atoms with E-state index in [2.05, 4.69) is 26.1 Å². The molecule has 6 nitrogen and oxygen atoms in total. The van der Waals surface area contributed by atoms with Crippen LogP contribution >= 0.6 is 0 Å². The zero-order valence-electron chi connectivity index (χ0n) is 19.2. The van der Waals surface area contributed by atoms with Gasteiger partial charge in [0.05, 0.1) is 17.1 Å². The van der Waals surface area contributed by atoms with Crippen LogP contribution in [0, 0.1) is 0 Å². The highest BCUT2D eigenvalue weighted by atomic mass is 32.2. The van der Waals surface area contributed by atoms with Crippen molar-refractivity contribution in [2.75, 3.05) is 16.2 Å². The van der Waals surface area contributed by atoms with Gasteiger partial charge in [-0.3, -0.25) is 9.10 Å².